The summed E-state index contributed by atoms with van der Waals surface area (Å²) in [5.74, 6) is 1.68. The van der Waals surface area contributed by atoms with Crippen molar-refractivity contribution in [1.29, 1.82) is 0 Å². The number of benzene rings is 3. The maximum atomic E-state index is 13.3. The molecule has 4 aromatic rings. The van der Waals surface area contributed by atoms with E-state index in [1.807, 2.05) is 24.3 Å². The average Bonchev–Trinajstić information content (AvgIpc) is 3.27. The molecule has 0 saturated heterocycles. The summed E-state index contributed by atoms with van der Waals surface area (Å²) in [4.78, 5) is 0. The van der Waals surface area contributed by atoms with Crippen molar-refractivity contribution >= 4 is 11.6 Å². The monoisotopic (exact) mass is 488 g/mol. The zero-order valence-electron chi connectivity index (χ0n) is 18.3. The fourth-order valence-corrected chi connectivity index (χ4v) is 3.71. The molecule has 0 amide bonds. The first-order valence-corrected chi connectivity index (χ1v) is 10.5. The Labute approximate surface area is 199 Å². The summed E-state index contributed by atoms with van der Waals surface area (Å²) < 4.78 is 57.7. The second-order valence-corrected chi connectivity index (χ2v) is 7.64. The van der Waals surface area contributed by atoms with Crippen molar-refractivity contribution in [2.24, 2.45) is 0 Å². The molecule has 4 rings (SSSR count). The van der Waals surface area contributed by atoms with Crippen LogP contribution in [0.1, 0.15) is 11.4 Å². The summed E-state index contributed by atoms with van der Waals surface area (Å²) in [5, 5.41) is 3.99. The van der Waals surface area contributed by atoms with Gasteiger partial charge in [0.25, 0.3) is 0 Å². The SMILES string of the molecule is COc1cccc(-c2ccc(OCc3cc(C(F)(F)F)nn3-c3ccccc3Cl)cc2)c1OC. The molecule has 0 aliphatic carbocycles. The van der Waals surface area contributed by atoms with Crippen LogP contribution in [0.25, 0.3) is 16.8 Å². The van der Waals surface area contributed by atoms with Gasteiger partial charge in [-0.15, -0.1) is 0 Å². The van der Waals surface area contributed by atoms with Crippen LogP contribution in [0.15, 0.2) is 72.8 Å². The zero-order chi connectivity index (χ0) is 24.3. The van der Waals surface area contributed by atoms with Crippen molar-refractivity contribution in [3.8, 4) is 34.1 Å². The van der Waals surface area contributed by atoms with Gasteiger partial charge in [-0.25, -0.2) is 4.68 Å². The molecule has 0 spiro atoms. The van der Waals surface area contributed by atoms with Crippen molar-refractivity contribution in [1.82, 2.24) is 9.78 Å². The number of halogens is 4. The van der Waals surface area contributed by atoms with E-state index in [-0.39, 0.29) is 17.3 Å². The van der Waals surface area contributed by atoms with E-state index in [0.29, 0.717) is 22.9 Å². The number of methoxy groups -OCH3 is 2. The van der Waals surface area contributed by atoms with Gasteiger partial charge in [-0.1, -0.05) is 48.0 Å². The number of alkyl halides is 3. The van der Waals surface area contributed by atoms with Crippen LogP contribution >= 0.6 is 11.6 Å². The van der Waals surface area contributed by atoms with Crippen LogP contribution in [0, 0.1) is 0 Å². The first kappa shape index (κ1) is 23.5. The molecule has 0 aliphatic rings. The number of ether oxygens (including phenoxy) is 3. The minimum Gasteiger partial charge on any atom is -0.493 e. The largest absolute Gasteiger partial charge is 0.493 e. The lowest BCUT2D eigenvalue weighted by Crippen LogP contribution is -2.08. The molecule has 9 heteroatoms. The molecular weight excluding hydrogens is 469 g/mol. The van der Waals surface area contributed by atoms with Gasteiger partial charge in [0.15, 0.2) is 17.2 Å². The smallest absolute Gasteiger partial charge is 0.435 e. The molecule has 5 nitrogen and oxygen atoms in total. The maximum absolute atomic E-state index is 13.3. The standard InChI is InChI=1S/C25H20ClF3N2O3/c1-32-22-9-5-6-19(24(22)33-2)16-10-12-18(13-11-16)34-15-17-14-23(25(27,28)29)30-31(17)21-8-4-3-7-20(21)26/h3-14H,15H2,1-2H3. The summed E-state index contributed by atoms with van der Waals surface area (Å²) >= 11 is 6.19. The Morgan fingerprint density at radius 1 is 0.912 bits per heavy atom. The fraction of sp³-hybridized carbons (Fsp3) is 0.160. The van der Waals surface area contributed by atoms with E-state index in [0.717, 1.165) is 21.9 Å². The van der Waals surface area contributed by atoms with Crippen LogP contribution in [-0.2, 0) is 12.8 Å². The molecule has 0 saturated carbocycles. The van der Waals surface area contributed by atoms with E-state index < -0.39 is 11.9 Å². The first-order valence-electron chi connectivity index (χ1n) is 10.2. The van der Waals surface area contributed by atoms with Gasteiger partial charge in [-0.2, -0.15) is 18.3 Å². The predicted octanol–water partition coefficient (Wildman–Crippen LogP) is 6.81. The highest BCUT2D eigenvalue weighted by atomic mass is 35.5. The normalized spacial score (nSPS) is 11.4. The van der Waals surface area contributed by atoms with E-state index in [4.69, 9.17) is 25.8 Å². The van der Waals surface area contributed by atoms with Crippen LogP contribution in [0.5, 0.6) is 17.2 Å². The molecule has 0 N–H and O–H groups in total. The molecular formula is C25H20ClF3N2O3. The quantitative estimate of drug-likeness (QED) is 0.287. The highest BCUT2D eigenvalue weighted by Crippen LogP contribution is 2.38. The summed E-state index contributed by atoms with van der Waals surface area (Å²) in [6.07, 6.45) is -4.60. The van der Waals surface area contributed by atoms with E-state index in [1.54, 1.807) is 56.7 Å². The van der Waals surface area contributed by atoms with E-state index in [2.05, 4.69) is 5.10 Å². The third-order valence-electron chi connectivity index (χ3n) is 5.11. The summed E-state index contributed by atoms with van der Waals surface area (Å²) in [7, 11) is 3.13. The first-order chi connectivity index (χ1) is 16.3. The molecule has 0 fully saturated rings. The van der Waals surface area contributed by atoms with Crippen LogP contribution in [0.3, 0.4) is 0 Å². The topological polar surface area (TPSA) is 45.5 Å². The van der Waals surface area contributed by atoms with Gasteiger partial charge in [0, 0.05) is 5.56 Å². The van der Waals surface area contributed by atoms with Crippen molar-refractivity contribution in [3.63, 3.8) is 0 Å². The third-order valence-corrected chi connectivity index (χ3v) is 5.43. The van der Waals surface area contributed by atoms with Gasteiger partial charge >= 0.3 is 6.18 Å². The third kappa shape index (κ3) is 4.82. The molecule has 0 aliphatic heterocycles. The second kappa shape index (κ2) is 9.69. The Kier molecular flexibility index (Phi) is 6.70. The molecule has 0 unspecified atom stereocenters. The maximum Gasteiger partial charge on any atom is 0.435 e. The lowest BCUT2D eigenvalue weighted by Gasteiger charge is -2.13. The van der Waals surface area contributed by atoms with Crippen molar-refractivity contribution in [2.45, 2.75) is 12.8 Å². The molecule has 1 heterocycles. The molecule has 0 radical (unpaired) electrons. The molecule has 0 atom stereocenters. The highest BCUT2D eigenvalue weighted by Gasteiger charge is 2.35. The fourth-order valence-electron chi connectivity index (χ4n) is 3.50. The molecule has 176 valence electrons. The molecule has 34 heavy (non-hydrogen) atoms. The Balaban J connectivity index is 1.59. The average molecular weight is 489 g/mol. The van der Waals surface area contributed by atoms with E-state index in [9.17, 15) is 13.2 Å². The lowest BCUT2D eigenvalue weighted by molar-refractivity contribution is -0.141. The predicted molar refractivity (Wildman–Crippen MR) is 123 cm³/mol. The Morgan fingerprint density at radius 3 is 2.29 bits per heavy atom. The number of aromatic nitrogens is 2. The van der Waals surface area contributed by atoms with Crippen LogP contribution in [-0.4, -0.2) is 24.0 Å². The van der Waals surface area contributed by atoms with Gasteiger partial charge in [-0.3, -0.25) is 0 Å². The van der Waals surface area contributed by atoms with Crippen LogP contribution in [0.4, 0.5) is 13.2 Å². The van der Waals surface area contributed by atoms with Gasteiger partial charge in [0.1, 0.15) is 12.4 Å². The molecule has 3 aromatic carbocycles. The summed E-state index contributed by atoms with van der Waals surface area (Å²) in [6.45, 7) is -0.143. The van der Waals surface area contributed by atoms with E-state index >= 15 is 0 Å². The minimum absolute atomic E-state index is 0.143. The lowest BCUT2D eigenvalue weighted by atomic mass is 10.0. The Bertz CT molecular complexity index is 1290. The van der Waals surface area contributed by atoms with Crippen molar-refractivity contribution < 1.29 is 27.4 Å². The number of rotatable bonds is 7. The van der Waals surface area contributed by atoms with Crippen molar-refractivity contribution in [2.75, 3.05) is 14.2 Å². The van der Waals surface area contributed by atoms with Crippen LogP contribution < -0.4 is 14.2 Å². The molecule has 1 aromatic heterocycles. The number of nitrogens with zero attached hydrogens (tertiary/aromatic N) is 2. The summed E-state index contributed by atoms with van der Waals surface area (Å²) in [6, 6.07) is 20.2. The van der Waals surface area contributed by atoms with Gasteiger partial charge in [0.05, 0.1) is 30.6 Å². The second-order valence-electron chi connectivity index (χ2n) is 7.24. The number of hydrogen-bond donors (Lipinski definition) is 0. The van der Waals surface area contributed by atoms with Crippen LogP contribution in [0.2, 0.25) is 5.02 Å². The Hall–Kier alpha value is -3.65. The number of hydrogen-bond acceptors (Lipinski definition) is 4. The zero-order valence-corrected chi connectivity index (χ0v) is 19.0. The number of para-hydroxylation sites is 2. The minimum atomic E-state index is -4.60. The van der Waals surface area contributed by atoms with Gasteiger partial charge < -0.3 is 14.2 Å². The van der Waals surface area contributed by atoms with E-state index in [1.165, 1.54) is 0 Å². The molecule has 0 bridgehead atoms. The summed E-state index contributed by atoms with van der Waals surface area (Å²) in [5.41, 5.74) is 1.22. The van der Waals surface area contributed by atoms with Gasteiger partial charge in [-0.05, 0) is 42.0 Å². The highest BCUT2D eigenvalue weighted by molar-refractivity contribution is 6.32. The van der Waals surface area contributed by atoms with Gasteiger partial charge in [0.2, 0.25) is 0 Å². The van der Waals surface area contributed by atoms with Crippen molar-refractivity contribution in [3.05, 3.63) is 89.2 Å². The Morgan fingerprint density at radius 2 is 1.65 bits per heavy atom.